The number of nitrogens with zero attached hydrogens (tertiary/aromatic N) is 1. The van der Waals surface area contributed by atoms with Crippen molar-refractivity contribution in [3.63, 3.8) is 0 Å². The molecule has 2 aliphatic rings. The summed E-state index contributed by atoms with van der Waals surface area (Å²) in [5.74, 6) is -2.05. The van der Waals surface area contributed by atoms with E-state index in [4.69, 9.17) is 0 Å². The highest BCUT2D eigenvalue weighted by Crippen LogP contribution is 2.48. The van der Waals surface area contributed by atoms with E-state index in [9.17, 15) is 24.9 Å². The first-order valence-electron chi connectivity index (χ1n) is 13.3. The van der Waals surface area contributed by atoms with E-state index in [-0.39, 0.29) is 24.2 Å². The number of phenols is 1. The molecule has 0 unspecified atom stereocenters. The summed E-state index contributed by atoms with van der Waals surface area (Å²) in [5, 5.41) is 31.4. The molecule has 0 aromatic heterocycles. The maximum absolute atomic E-state index is 13.5. The fraction of sp³-hybridized carbons (Fsp3) is 0.419. The number of aliphatic hydroxyl groups is 2. The van der Waals surface area contributed by atoms with Gasteiger partial charge in [0.15, 0.2) is 0 Å². The summed E-state index contributed by atoms with van der Waals surface area (Å²) in [4.78, 5) is 28.1. The molecule has 0 radical (unpaired) electrons. The second kappa shape index (κ2) is 11.9. The first kappa shape index (κ1) is 26.8. The molecular formula is C31H37NO5. The lowest BCUT2D eigenvalue weighted by atomic mass is 9.67. The van der Waals surface area contributed by atoms with Crippen LogP contribution in [0.3, 0.4) is 0 Å². The van der Waals surface area contributed by atoms with Crippen LogP contribution in [0.2, 0.25) is 0 Å². The van der Waals surface area contributed by atoms with Gasteiger partial charge in [-0.05, 0) is 67.5 Å². The minimum Gasteiger partial charge on any atom is -0.508 e. The quantitative estimate of drug-likeness (QED) is 0.304. The molecule has 6 nitrogen and oxygen atoms in total. The Labute approximate surface area is 218 Å². The minimum absolute atomic E-state index is 0.221. The lowest BCUT2D eigenvalue weighted by Crippen LogP contribution is -2.39. The third-order valence-electron chi connectivity index (χ3n) is 7.75. The van der Waals surface area contributed by atoms with E-state index < -0.39 is 23.9 Å². The number of rotatable bonds is 10. The number of fused-ring (bicyclic) bond motifs is 1. The zero-order chi connectivity index (χ0) is 26.5. The van der Waals surface area contributed by atoms with E-state index in [0.29, 0.717) is 31.4 Å². The van der Waals surface area contributed by atoms with Gasteiger partial charge in [0.25, 0.3) is 0 Å². The van der Waals surface area contributed by atoms with Gasteiger partial charge >= 0.3 is 0 Å². The van der Waals surface area contributed by atoms with Crippen molar-refractivity contribution >= 4 is 23.6 Å². The maximum Gasteiger partial charge on any atom is 0.238 e. The van der Waals surface area contributed by atoms with Crippen LogP contribution in [0.1, 0.15) is 57.9 Å². The standard InChI is InChI=1S/C31H37NO5/c1-3-8-20(17-21-11-14-24(34)15-12-21)13-16-27(35)28-22(4-2)18-25-29(26(28)19-33)31(37)32(30(25)36)23-9-6-5-7-10-23/h5-7,9-12,14-15,17,25-27,29,33-35H,3-4,8,13,16,18-19H2,1-2H3/b20-17+/t25-,26+,27-,29-/m1/s1. The van der Waals surface area contributed by atoms with Gasteiger partial charge in [0.1, 0.15) is 5.75 Å². The molecule has 2 aromatic carbocycles. The Balaban J connectivity index is 1.57. The van der Waals surface area contributed by atoms with Gasteiger partial charge in [-0.15, -0.1) is 0 Å². The molecule has 2 aromatic rings. The largest absolute Gasteiger partial charge is 0.508 e. The van der Waals surface area contributed by atoms with Crippen LogP contribution in [0.15, 0.2) is 71.3 Å². The Hall–Kier alpha value is -3.22. The van der Waals surface area contributed by atoms with Crippen LogP contribution in [0.4, 0.5) is 5.69 Å². The summed E-state index contributed by atoms with van der Waals surface area (Å²) in [7, 11) is 0. The predicted octanol–water partition coefficient (Wildman–Crippen LogP) is 5.24. The van der Waals surface area contributed by atoms with E-state index in [1.165, 1.54) is 10.5 Å². The van der Waals surface area contributed by atoms with Gasteiger partial charge in [-0.2, -0.15) is 0 Å². The third-order valence-corrected chi connectivity index (χ3v) is 7.75. The molecule has 0 saturated carbocycles. The number of amides is 2. The number of anilines is 1. The van der Waals surface area contributed by atoms with Gasteiger partial charge in [-0.25, -0.2) is 0 Å². The van der Waals surface area contributed by atoms with Crippen LogP contribution >= 0.6 is 0 Å². The van der Waals surface area contributed by atoms with Gasteiger partial charge < -0.3 is 15.3 Å². The van der Waals surface area contributed by atoms with Crippen LogP contribution in [0, 0.1) is 17.8 Å². The Morgan fingerprint density at radius 2 is 1.73 bits per heavy atom. The first-order valence-corrected chi connectivity index (χ1v) is 13.3. The van der Waals surface area contributed by atoms with Gasteiger partial charge in [0.2, 0.25) is 11.8 Å². The Bertz CT molecular complexity index is 1170. The van der Waals surface area contributed by atoms with Crippen LogP contribution < -0.4 is 4.90 Å². The normalized spacial score (nSPS) is 23.0. The molecule has 4 atom stereocenters. The zero-order valence-electron chi connectivity index (χ0n) is 21.6. The molecule has 0 spiro atoms. The highest BCUT2D eigenvalue weighted by molar-refractivity contribution is 6.22. The second-order valence-corrected chi connectivity index (χ2v) is 10.1. The SMILES string of the molecule is CCC/C(=C\c1ccc(O)cc1)CC[C@@H](O)C1=C(CC)C[C@H]2C(=O)N(c3ccccc3)C(=O)[C@H]2[C@H]1CO. The number of carbonyl (C=O) groups excluding carboxylic acids is 2. The van der Waals surface area contributed by atoms with Crippen molar-refractivity contribution in [2.75, 3.05) is 11.5 Å². The predicted molar refractivity (Wildman–Crippen MR) is 145 cm³/mol. The molecular weight excluding hydrogens is 466 g/mol. The molecule has 196 valence electrons. The number of aliphatic hydroxyl groups excluding tert-OH is 2. The average Bonchev–Trinajstić information content (AvgIpc) is 3.16. The number of benzene rings is 2. The monoisotopic (exact) mass is 503 g/mol. The van der Waals surface area contributed by atoms with E-state index in [0.717, 1.165) is 29.6 Å². The van der Waals surface area contributed by atoms with Crippen molar-refractivity contribution in [1.82, 2.24) is 0 Å². The molecule has 3 N–H and O–H groups in total. The molecule has 6 heteroatoms. The van der Waals surface area contributed by atoms with Gasteiger partial charge in [0, 0.05) is 5.92 Å². The number of allylic oxidation sites excluding steroid dienone is 2. The molecule has 2 amide bonds. The van der Waals surface area contributed by atoms with Crippen molar-refractivity contribution in [1.29, 1.82) is 0 Å². The van der Waals surface area contributed by atoms with Crippen LogP contribution in [-0.2, 0) is 9.59 Å². The van der Waals surface area contributed by atoms with E-state index in [1.807, 2.05) is 25.1 Å². The Morgan fingerprint density at radius 3 is 2.35 bits per heavy atom. The molecule has 1 fully saturated rings. The smallest absolute Gasteiger partial charge is 0.238 e. The highest BCUT2D eigenvalue weighted by atomic mass is 16.3. The third kappa shape index (κ3) is 5.55. The van der Waals surface area contributed by atoms with Crippen LogP contribution in [0.25, 0.3) is 6.08 Å². The topological polar surface area (TPSA) is 98.1 Å². The number of hydrogen-bond donors (Lipinski definition) is 3. The lowest BCUT2D eigenvalue weighted by molar-refractivity contribution is -0.123. The van der Waals surface area contributed by atoms with E-state index >= 15 is 0 Å². The number of aromatic hydroxyl groups is 1. The first-order chi connectivity index (χ1) is 17.9. The summed E-state index contributed by atoms with van der Waals surface area (Å²) >= 11 is 0. The summed E-state index contributed by atoms with van der Waals surface area (Å²) in [6.07, 6.45) is 5.39. The van der Waals surface area contributed by atoms with Crippen molar-refractivity contribution in [2.45, 2.75) is 58.5 Å². The van der Waals surface area contributed by atoms with Crippen molar-refractivity contribution in [2.24, 2.45) is 17.8 Å². The molecule has 0 bridgehead atoms. The van der Waals surface area contributed by atoms with E-state index in [1.54, 1.807) is 36.4 Å². The Kier molecular flexibility index (Phi) is 8.62. The maximum atomic E-state index is 13.5. The van der Waals surface area contributed by atoms with Crippen molar-refractivity contribution in [3.8, 4) is 5.75 Å². The molecule has 1 saturated heterocycles. The number of carbonyl (C=O) groups is 2. The summed E-state index contributed by atoms with van der Waals surface area (Å²) < 4.78 is 0. The summed E-state index contributed by atoms with van der Waals surface area (Å²) in [5.41, 5.74) is 4.45. The van der Waals surface area contributed by atoms with Crippen molar-refractivity contribution < 1.29 is 24.9 Å². The number of hydrogen-bond acceptors (Lipinski definition) is 5. The molecule has 37 heavy (non-hydrogen) atoms. The lowest BCUT2D eigenvalue weighted by Gasteiger charge is -2.36. The number of imide groups is 1. The second-order valence-electron chi connectivity index (χ2n) is 10.1. The van der Waals surface area contributed by atoms with Crippen LogP contribution in [0.5, 0.6) is 5.75 Å². The molecule has 1 heterocycles. The zero-order valence-corrected chi connectivity index (χ0v) is 21.6. The molecule has 1 aliphatic carbocycles. The number of phenolic OH excluding ortho intramolecular Hbond substituents is 1. The fourth-order valence-corrected chi connectivity index (χ4v) is 6.00. The average molecular weight is 504 g/mol. The van der Waals surface area contributed by atoms with Crippen molar-refractivity contribution in [3.05, 3.63) is 76.9 Å². The van der Waals surface area contributed by atoms with Gasteiger partial charge in [0.05, 0.1) is 30.2 Å². The van der Waals surface area contributed by atoms with Gasteiger partial charge in [-0.3, -0.25) is 14.5 Å². The van der Waals surface area contributed by atoms with E-state index in [2.05, 4.69) is 13.0 Å². The van der Waals surface area contributed by atoms with Gasteiger partial charge in [-0.1, -0.05) is 67.8 Å². The Morgan fingerprint density at radius 1 is 1.03 bits per heavy atom. The molecule has 4 rings (SSSR count). The summed E-state index contributed by atoms with van der Waals surface area (Å²) in [6.45, 7) is 3.83. The highest BCUT2D eigenvalue weighted by Gasteiger charge is 2.55. The minimum atomic E-state index is -0.804. The van der Waals surface area contributed by atoms with Crippen LogP contribution in [-0.4, -0.2) is 39.8 Å². The number of para-hydroxylation sites is 1. The molecule has 1 aliphatic heterocycles. The fourth-order valence-electron chi connectivity index (χ4n) is 6.00. The summed E-state index contributed by atoms with van der Waals surface area (Å²) in [6, 6.07) is 16.0.